The second kappa shape index (κ2) is 34.9. The first-order valence-corrected chi connectivity index (χ1v) is 49.8. The maximum Gasteiger partial charge on any atom is 0.0541 e. The number of fused-ring (bicyclic) bond motifs is 21. The van der Waals surface area contributed by atoms with Gasteiger partial charge in [0.25, 0.3) is 0 Å². The van der Waals surface area contributed by atoms with Gasteiger partial charge in [-0.3, -0.25) is 0 Å². The van der Waals surface area contributed by atoms with Crippen molar-refractivity contribution in [3.05, 3.63) is 552 Å². The number of hydrogen-bond donors (Lipinski definition) is 0. The molecule has 7 nitrogen and oxygen atoms in total. The van der Waals surface area contributed by atoms with E-state index in [2.05, 4.69) is 584 Å². The summed E-state index contributed by atoms with van der Waals surface area (Å²) < 4.78 is 16.7. The van der Waals surface area contributed by atoms with E-state index in [0.717, 1.165) is 17.1 Å². The summed E-state index contributed by atoms with van der Waals surface area (Å²) in [6, 6.07) is 200. The van der Waals surface area contributed by atoms with Crippen molar-refractivity contribution in [3.8, 4) is 107 Å². The Morgan fingerprint density at radius 2 is 0.193 bits per heavy atom. The SMILES string of the molecule is c1ccc(-c2ccc(-n3c4ccccc4c4cc(-c5ccc6c(c5)c5ccccc5n6-c5ccc(-c6ccccc6)cc5)ccc43)cc2)cc1.c1ccc(-n2c3ccccc3c3cc(-c4ccc5c(c4)c4cc(-c6ccc7c(c6)c6ccccc6n7-c6ccccc6)ccc4n5-c4ccccc4)ccc32)cc1.c1ccc(-n2c3ccccc3c3cc(-c4ccc5c(c4)c4ccccc4n5-c4ccccc4)ccc32)cc1. The van der Waals surface area contributed by atoms with E-state index in [1.165, 1.54) is 242 Å². The largest absolute Gasteiger partial charge is 0.309 e. The van der Waals surface area contributed by atoms with E-state index < -0.39 is 0 Å². The van der Waals surface area contributed by atoms with Crippen LogP contribution in [0.2, 0.25) is 0 Å². The minimum absolute atomic E-state index is 1.16. The lowest BCUT2D eigenvalue weighted by Crippen LogP contribution is -1.94. The van der Waals surface area contributed by atoms with Crippen LogP contribution >= 0.6 is 0 Å². The van der Waals surface area contributed by atoms with Crippen LogP contribution in [0.15, 0.2) is 552 Å². The molecule has 145 heavy (non-hydrogen) atoms. The van der Waals surface area contributed by atoms with Crippen molar-refractivity contribution in [2.45, 2.75) is 0 Å². The van der Waals surface area contributed by atoms with Gasteiger partial charge in [0.05, 0.1) is 77.2 Å². The monoisotopic (exact) mass is 1850 g/mol. The van der Waals surface area contributed by atoms with E-state index >= 15 is 0 Å². The molecule has 0 aliphatic rings. The first-order valence-electron chi connectivity index (χ1n) is 49.8. The third kappa shape index (κ3) is 14.3. The van der Waals surface area contributed by atoms with Crippen LogP contribution in [0.3, 0.4) is 0 Å². The summed E-state index contributed by atoms with van der Waals surface area (Å²) in [5.74, 6) is 0. The van der Waals surface area contributed by atoms with Gasteiger partial charge < -0.3 is 32.0 Å². The van der Waals surface area contributed by atoms with E-state index in [1.807, 2.05) is 0 Å². The zero-order valence-corrected chi connectivity index (χ0v) is 79.2. The van der Waals surface area contributed by atoms with Crippen LogP contribution in [0.4, 0.5) is 0 Å². The molecule has 30 aromatic rings. The zero-order chi connectivity index (χ0) is 95.5. The molecule has 0 N–H and O–H groups in total. The number of nitrogens with zero attached hydrogens (tertiary/aromatic N) is 7. The average Bonchev–Trinajstić information content (AvgIpc) is 1.59. The van der Waals surface area contributed by atoms with Gasteiger partial charge in [0.2, 0.25) is 0 Å². The Bertz CT molecular complexity index is 9710. The lowest BCUT2D eigenvalue weighted by Gasteiger charge is -2.11. The highest BCUT2D eigenvalue weighted by Crippen LogP contribution is 2.47. The smallest absolute Gasteiger partial charge is 0.0541 e. The normalized spacial score (nSPS) is 11.7. The molecule has 0 fully saturated rings. The lowest BCUT2D eigenvalue weighted by molar-refractivity contribution is 1.18. The highest BCUT2D eigenvalue weighted by molar-refractivity contribution is 6.19. The predicted molar refractivity (Wildman–Crippen MR) is 612 cm³/mol. The highest BCUT2D eigenvalue weighted by atomic mass is 15.0. The van der Waals surface area contributed by atoms with Crippen LogP contribution < -0.4 is 0 Å². The molecule has 0 radical (unpaired) electrons. The zero-order valence-electron chi connectivity index (χ0n) is 79.2. The molecule has 0 spiro atoms. The van der Waals surface area contributed by atoms with Gasteiger partial charge in [0.15, 0.2) is 0 Å². The molecule has 7 heterocycles. The molecular weight excluding hydrogens is 1760 g/mol. The van der Waals surface area contributed by atoms with Crippen molar-refractivity contribution in [3.63, 3.8) is 0 Å². The average molecular weight is 1850 g/mol. The fourth-order valence-electron chi connectivity index (χ4n) is 23.0. The van der Waals surface area contributed by atoms with Crippen molar-refractivity contribution in [2.75, 3.05) is 0 Å². The molecule has 0 amide bonds. The maximum atomic E-state index is 2.41. The molecule has 678 valence electrons. The van der Waals surface area contributed by atoms with Crippen LogP contribution in [0.5, 0.6) is 0 Å². The Balaban J connectivity index is 0.000000108. The maximum absolute atomic E-state index is 2.41. The summed E-state index contributed by atoms with van der Waals surface area (Å²) >= 11 is 0. The van der Waals surface area contributed by atoms with Crippen LogP contribution in [0.25, 0.3) is 259 Å². The number of rotatable bonds is 13. The van der Waals surface area contributed by atoms with E-state index in [0.29, 0.717) is 0 Å². The van der Waals surface area contributed by atoms with Crippen LogP contribution in [-0.4, -0.2) is 32.0 Å². The topological polar surface area (TPSA) is 34.5 Å². The molecular formula is C138H91N7. The fraction of sp³-hybridized carbons (Fsp3) is 0. The van der Waals surface area contributed by atoms with Crippen molar-refractivity contribution in [2.24, 2.45) is 0 Å². The number of hydrogen-bond acceptors (Lipinski definition) is 0. The molecule has 0 saturated heterocycles. The standard InChI is InChI=1S/C54H35N3.C48H32N2.C36H24N2/c1-4-14-40(15-5-1)55-49-22-12-10-20-43(49)45-32-36(24-28-51(45)55)38-26-30-53-47(34-38)48-35-39(27-31-54(48)57(53)42-18-8-3-9-19-42)37-25-29-52-46(33-37)44-21-11-13-23-50(44)56(52)41-16-6-2-7-17-41;1-3-11-33(12-4-1)35-19-25-39(26-20-35)49-45-17-9-7-15-41(45)43-31-37(23-29-47(43)49)38-24-30-48-44(32-38)42-16-8-10-18-46(42)50(48)40-27-21-36(22-28-40)34-13-5-2-6-14-34;1-3-11-27(12-4-1)37-33-17-9-7-15-29(33)31-23-25(19-21-35(31)37)26-20-22-36-32(24-26)30-16-8-10-18-34(30)38(36)28-13-5-2-6-14-28/h1-35H;1-32H;1-24H. The van der Waals surface area contributed by atoms with Gasteiger partial charge in [-0.2, -0.15) is 0 Å². The Morgan fingerprint density at radius 1 is 0.0759 bits per heavy atom. The number of aromatic nitrogens is 7. The summed E-state index contributed by atoms with van der Waals surface area (Å²) in [6.07, 6.45) is 0. The minimum atomic E-state index is 1.16. The van der Waals surface area contributed by atoms with Crippen molar-refractivity contribution < 1.29 is 0 Å². The Morgan fingerprint density at radius 3 is 0.366 bits per heavy atom. The molecule has 30 rings (SSSR count). The summed E-state index contributed by atoms with van der Waals surface area (Å²) in [4.78, 5) is 0. The van der Waals surface area contributed by atoms with Crippen LogP contribution in [0.1, 0.15) is 0 Å². The molecule has 0 unspecified atom stereocenters. The fourth-order valence-corrected chi connectivity index (χ4v) is 23.0. The van der Waals surface area contributed by atoms with Crippen molar-refractivity contribution >= 4 is 153 Å². The third-order valence-electron chi connectivity index (χ3n) is 29.7. The summed E-state index contributed by atoms with van der Waals surface area (Å²) in [5.41, 5.74) is 39.8. The summed E-state index contributed by atoms with van der Waals surface area (Å²) in [6.45, 7) is 0. The summed E-state index contributed by atoms with van der Waals surface area (Å²) in [7, 11) is 0. The Labute approximate surface area is 837 Å². The van der Waals surface area contributed by atoms with Gasteiger partial charge in [0, 0.05) is 115 Å². The minimum Gasteiger partial charge on any atom is -0.309 e. The first kappa shape index (κ1) is 83.8. The molecule has 7 aromatic heterocycles. The van der Waals surface area contributed by atoms with E-state index in [-0.39, 0.29) is 0 Å². The molecule has 0 bridgehead atoms. The quantitative estimate of drug-likeness (QED) is 0.110. The van der Waals surface area contributed by atoms with E-state index in [9.17, 15) is 0 Å². The highest BCUT2D eigenvalue weighted by Gasteiger charge is 2.24. The van der Waals surface area contributed by atoms with E-state index in [1.54, 1.807) is 0 Å². The molecule has 7 heteroatoms. The van der Waals surface area contributed by atoms with Gasteiger partial charge in [-0.1, -0.05) is 334 Å². The predicted octanol–water partition coefficient (Wildman–Crippen LogP) is 36.7. The molecule has 0 aliphatic heterocycles. The van der Waals surface area contributed by atoms with Crippen LogP contribution in [-0.2, 0) is 0 Å². The molecule has 0 aliphatic carbocycles. The van der Waals surface area contributed by atoms with Gasteiger partial charge >= 0.3 is 0 Å². The second-order valence-corrected chi connectivity index (χ2v) is 37.8. The van der Waals surface area contributed by atoms with Gasteiger partial charge in [-0.15, -0.1) is 0 Å². The van der Waals surface area contributed by atoms with Crippen molar-refractivity contribution in [1.82, 2.24) is 32.0 Å². The number of benzene rings is 23. The van der Waals surface area contributed by atoms with E-state index in [4.69, 9.17) is 0 Å². The van der Waals surface area contributed by atoms with Gasteiger partial charge in [-0.05, 0) is 285 Å². The summed E-state index contributed by atoms with van der Waals surface area (Å²) in [5, 5.41) is 17.6. The third-order valence-corrected chi connectivity index (χ3v) is 29.7. The lowest BCUT2D eigenvalue weighted by atomic mass is 9.98. The molecule has 23 aromatic carbocycles. The van der Waals surface area contributed by atoms with Gasteiger partial charge in [0.1, 0.15) is 0 Å². The Hall–Kier alpha value is -19.3. The first-order chi connectivity index (χ1) is 71.9. The van der Waals surface area contributed by atoms with Gasteiger partial charge in [-0.25, -0.2) is 0 Å². The molecule has 0 saturated carbocycles. The number of para-hydroxylation sites is 11. The van der Waals surface area contributed by atoms with Crippen LogP contribution in [0, 0.1) is 0 Å². The Kier molecular flexibility index (Phi) is 20.2. The van der Waals surface area contributed by atoms with Crippen molar-refractivity contribution in [1.29, 1.82) is 0 Å². The second-order valence-electron chi connectivity index (χ2n) is 37.8. The molecule has 0 atom stereocenters.